The lowest BCUT2D eigenvalue weighted by Crippen LogP contribution is -2.41. The molecule has 1 rings (SSSR count). The minimum atomic E-state index is -3.71. The molecule has 0 fully saturated rings. The smallest absolute Gasteiger partial charge is 0.260 e. The zero-order valence-corrected chi connectivity index (χ0v) is 10.6. The molecule has 7 heteroatoms. The van der Waals surface area contributed by atoms with E-state index in [9.17, 15) is 13.6 Å². The third-order valence-corrected chi connectivity index (χ3v) is 3.92. The molecule has 0 unspecified atom stereocenters. The molecule has 0 saturated carbocycles. The monoisotopic (exact) mass is 258 g/mol. The number of allylic oxidation sites excluding steroid dienone is 1. The predicted molar refractivity (Wildman–Crippen MR) is 61.9 cm³/mol. The van der Waals surface area contributed by atoms with Crippen LogP contribution in [0.15, 0.2) is 25.0 Å². The summed E-state index contributed by atoms with van der Waals surface area (Å²) in [5.41, 5.74) is 0.939. The number of nitrogens with two attached hydrogens (primary N) is 1. The van der Waals surface area contributed by atoms with Gasteiger partial charge in [0.05, 0.1) is 17.4 Å². The Kier molecular flexibility index (Phi) is 3.84. The first-order valence-electron chi connectivity index (χ1n) is 4.99. The maximum absolute atomic E-state index is 11.3. The fourth-order valence-corrected chi connectivity index (χ4v) is 2.17. The van der Waals surface area contributed by atoms with Gasteiger partial charge >= 0.3 is 0 Å². The summed E-state index contributed by atoms with van der Waals surface area (Å²) in [5, 5.41) is 13.9. The van der Waals surface area contributed by atoms with E-state index in [1.807, 2.05) is 0 Å². The fraction of sp³-hybridized carbons (Fsp3) is 0.400. The van der Waals surface area contributed by atoms with Crippen molar-refractivity contribution in [3.63, 3.8) is 0 Å². The molecule has 0 saturated heterocycles. The van der Waals surface area contributed by atoms with Gasteiger partial charge in [0.1, 0.15) is 5.69 Å². The van der Waals surface area contributed by atoms with Crippen LogP contribution >= 0.6 is 0 Å². The van der Waals surface area contributed by atoms with Gasteiger partial charge in [0.15, 0.2) is 0 Å². The Morgan fingerprint density at radius 3 is 2.65 bits per heavy atom. The Morgan fingerprint density at radius 2 is 2.24 bits per heavy atom. The number of hydrogen-bond acceptors (Lipinski definition) is 4. The van der Waals surface area contributed by atoms with E-state index < -0.39 is 21.2 Å². The van der Waals surface area contributed by atoms with Crippen LogP contribution in [0.4, 0.5) is 0 Å². The van der Waals surface area contributed by atoms with Crippen LogP contribution in [0.3, 0.4) is 0 Å². The van der Waals surface area contributed by atoms with Crippen LogP contribution in [0.5, 0.6) is 0 Å². The summed E-state index contributed by atoms with van der Waals surface area (Å²) >= 11 is 0. The van der Waals surface area contributed by atoms with Crippen molar-refractivity contribution in [2.45, 2.75) is 25.0 Å². The highest BCUT2D eigenvalue weighted by Gasteiger charge is 2.32. The highest BCUT2D eigenvalue weighted by molar-refractivity contribution is 7.89. The van der Waals surface area contributed by atoms with Gasteiger partial charge in [0.2, 0.25) is 16.2 Å². The molecule has 0 bridgehead atoms. The average Bonchev–Trinajstić information content (AvgIpc) is 2.20. The second-order valence-electron chi connectivity index (χ2n) is 3.85. The van der Waals surface area contributed by atoms with Crippen molar-refractivity contribution in [1.82, 2.24) is 4.98 Å². The van der Waals surface area contributed by atoms with Gasteiger partial charge in [-0.1, -0.05) is 6.08 Å². The van der Waals surface area contributed by atoms with Crippen LogP contribution in [0, 0.1) is 6.92 Å². The van der Waals surface area contributed by atoms with E-state index >= 15 is 0 Å². The standard InChI is InChI=1S/C10H16N3O3S/c1-4-9(8(3)17(11,15)16)10-5-12-7(2)6-13(10)14/h4-6,8-9H,1H2,2-3H3,(H,12,14)(H2,11,15,16)/q+1/t8-,9-/m1/s1. The Labute approximate surface area is 100 Å². The molecule has 0 amide bonds. The minimum absolute atomic E-state index is 0.326. The molecule has 6 nitrogen and oxygen atoms in total. The van der Waals surface area contributed by atoms with E-state index in [0.29, 0.717) is 11.4 Å². The Morgan fingerprint density at radius 1 is 1.65 bits per heavy atom. The van der Waals surface area contributed by atoms with Crippen molar-refractivity contribution in [2.75, 3.05) is 0 Å². The summed E-state index contributed by atoms with van der Waals surface area (Å²) in [6.45, 7) is 6.73. The Balaban J connectivity index is 3.23. The summed E-state index contributed by atoms with van der Waals surface area (Å²) in [7, 11) is -3.71. The lowest BCUT2D eigenvalue weighted by Gasteiger charge is -2.15. The molecule has 3 N–H and O–H groups in total. The predicted octanol–water partition coefficient (Wildman–Crippen LogP) is -0.139. The van der Waals surface area contributed by atoms with E-state index in [0.717, 1.165) is 4.73 Å². The molecule has 2 atom stereocenters. The second kappa shape index (κ2) is 4.80. The highest BCUT2D eigenvalue weighted by atomic mass is 32.2. The molecule has 1 aromatic rings. The first kappa shape index (κ1) is 13.6. The number of rotatable bonds is 4. The number of sulfonamides is 1. The van der Waals surface area contributed by atoms with Crippen LogP contribution in [0.1, 0.15) is 24.2 Å². The van der Waals surface area contributed by atoms with Gasteiger partial charge in [-0.15, -0.1) is 6.58 Å². The Bertz CT molecular complexity index is 528. The zero-order chi connectivity index (χ0) is 13.2. The van der Waals surface area contributed by atoms with Crippen LogP contribution < -0.4 is 9.87 Å². The molecule has 17 heavy (non-hydrogen) atoms. The van der Waals surface area contributed by atoms with Crippen molar-refractivity contribution in [3.8, 4) is 0 Å². The SMILES string of the molecule is C=C[C@@H](c1cnc(C)c[n+]1O)[C@@H](C)S(N)(=O)=O. The lowest BCUT2D eigenvalue weighted by molar-refractivity contribution is -0.910. The molecule has 0 aliphatic rings. The van der Waals surface area contributed by atoms with Crippen LogP contribution in [-0.4, -0.2) is 23.9 Å². The topological polar surface area (TPSA) is 97.2 Å². The summed E-state index contributed by atoms with van der Waals surface area (Å²) in [6, 6.07) is 0. The first-order valence-corrected chi connectivity index (χ1v) is 6.60. The van der Waals surface area contributed by atoms with Crippen molar-refractivity contribution >= 4 is 10.0 Å². The van der Waals surface area contributed by atoms with Gasteiger partial charge in [0, 0.05) is 4.73 Å². The van der Waals surface area contributed by atoms with E-state index in [2.05, 4.69) is 11.6 Å². The molecule has 0 aliphatic heterocycles. The van der Waals surface area contributed by atoms with Crippen molar-refractivity contribution in [1.29, 1.82) is 0 Å². The summed E-state index contributed by atoms with van der Waals surface area (Å²) in [6.07, 6.45) is 4.22. The third-order valence-electron chi connectivity index (χ3n) is 2.59. The molecule has 1 aromatic heterocycles. The maximum Gasteiger partial charge on any atom is 0.260 e. The Hall–Kier alpha value is -1.47. The minimum Gasteiger partial charge on any atom is -0.285 e. The quantitative estimate of drug-likeness (QED) is 0.446. The third kappa shape index (κ3) is 3.01. The molecule has 94 valence electrons. The number of hydrogen-bond donors (Lipinski definition) is 2. The van der Waals surface area contributed by atoms with Gasteiger partial charge in [-0.2, -0.15) is 0 Å². The molecule has 1 heterocycles. The largest absolute Gasteiger partial charge is 0.285 e. The molecule has 0 spiro atoms. The number of aryl methyl sites for hydroxylation is 1. The second-order valence-corrected chi connectivity index (χ2v) is 5.78. The van der Waals surface area contributed by atoms with Gasteiger partial charge in [-0.05, 0) is 13.8 Å². The van der Waals surface area contributed by atoms with Crippen molar-refractivity contribution < 1.29 is 18.4 Å². The molecular formula is C10H16N3O3S+. The average molecular weight is 258 g/mol. The van der Waals surface area contributed by atoms with E-state index in [1.54, 1.807) is 6.92 Å². The first-order chi connectivity index (χ1) is 7.77. The van der Waals surface area contributed by atoms with Gasteiger partial charge in [0.25, 0.3) is 5.69 Å². The molecule has 0 aliphatic carbocycles. The summed E-state index contributed by atoms with van der Waals surface area (Å²) < 4.78 is 23.4. The zero-order valence-electron chi connectivity index (χ0n) is 9.74. The normalized spacial score (nSPS) is 15.2. The van der Waals surface area contributed by atoms with E-state index in [-0.39, 0.29) is 0 Å². The molecular weight excluding hydrogens is 242 g/mol. The van der Waals surface area contributed by atoms with Crippen LogP contribution in [0.2, 0.25) is 0 Å². The van der Waals surface area contributed by atoms with Gasteiger partial charge in [-0.3, -0.25) is 5.21 Å². The van der Waals surface area contributed by atoms with Crippen molar-refractivity contribution in [3.05, 3.63) is 36.4 Å². The molecule has 0 aromatic carbocycles. The lowest BCUT2D eigenvalue weighted by atomic mass is 10.0. The number of aromatic nitrogens is 2. The van der Waals surface area contributed by atoms with Gasteiger partial charge < -0.3 is 0 Å². The van der Waals surface area contributed by atoms with Gasteiger partial charge in [-0.25, -0.2) is 18.5 Å². The summed E-state index contributed by atoms with van der Waals surface area (Å²) in [5.74, 6) is -0.622. The van der Waals surface area contributed by atoms with E-state index in [1.165, 1.54) is 25.4 Å². The number of nitrogens with zero attached hydrogens (tertiary/aromatic N) is 2. The maximum atomic E-state index is 11.3. The van der Waals surface area contributed by atoms with Crippen molar-refractivity contribution in [2.24, 2.45) is 5.14 Å². The highest BCUT2D eigenvalue weighted by Crippen LogP contribution is 2.21. The van der Waals surface area contributed by atoms with E-state index in [4.69, 9.17) is 5.14 Å². The van der Waals surface area contributed by atoms with Crippen LogP contribution in [0.25, 0.3) is 0 Å². The molecule has 0 radical (unpaired) electrons. The summed E-state index contributed by atoms with van der Waals surface area (Å²) in [4.78, 5) is 4.01. The fourth-order valence-electron chi connectivity index (χ4n) is 1.51. The number of primary sulfonamides is 1. The van der Waals surface area contributed by atoms with Crippen LogP contribution in [-0.2, 0) is 10.0 Å².